The third-order valence-corrected chi connectivity index (χ3v) is 7.57. The van der Waals surface area contributed by atoms with E-state index in [0.717, 1.165) is 43.8 Å². The molecule has 39 heavy (non-hydrogen) atoms. The van der Waals surface area contributed by atoms with Crippen molar-refractivity contribution in [3.05, 3.63) is 112 Å². The Bertz CT molecular complexity index is 1670. The Morgan fingerprint density at radius 3 is 2.26 bits per heavy atom. The van der Waals surface area contributed by atoms with Gasteiger partial charge in [0.05, 0.1) is 17.4 Å². The zero-order chi connectivity index (χ0) is 26.8. The molecule has 0 aliphatic carbocycles. The third kappa shape index (κ3) is 5.20. The second-order valence-corrected chi connectivity index (χ2v) is 10.3. The van der Waals surface area contributed by atoms with E-state index in [-0.39, 0.29) is 11.5 Å². The van der Waals surface area contributed by atoms with E-state index in [1.807, 2.05) is 70.8 Å². The van der Waals surface area contributed by atoms with E-state index in [2.05, 4.69) is 39.4 Å². The van der Waals surface area contributed by atoms with Crippen molar-refractivity contribution < 1.29 is 4.79 Å². The number of aryl methyl sites for hydroxylation is 2. The summed E-state index contributed by atoms with van der Waals surface area (Å²) < 4.78 is 3.62. The maximum Gasteiger partial charge on any atom is 0.263 e. The Balaban J connectivity index is 1.19. The van der Waals surface area contributed by atoms with Crippen molar-refractivity contribution in [3.63, 3.8) is 0 Å². The number of para-hydroxylation sites is 1. The summed E-state index contributed by atoms with van der Waals surface area (Å²) in [5, 5.41) is 9.49. The molecule has 1 aliphatic heterocycles. The van der Waals surface area contributed by atoms with Crippen molar-refractivity contribution in [1.29, 1.82) is 0 Å². The minimum absolute atomic E-state index is 0.0953. The van der Waals surface area contributed by atoms with Crippen LogP contribution in [-0.2, 0) is 24.3 Å². The van der Waals surface area contributed by atoms with Crippen LogP contribution in [-0.4, -0.2) is 61.1 Å². The first-order valence-corrected chi connectivity index (χ1v) is 13.5. The zero-order valence-electron chi connectivity index (χ0n) is 22.2. The molecule has 0 unspecified atom stereocenters. The lowest BCUT2D eigenvalue weighted by Gasteiger charge is -2.34. The molecule has 1 saturated heterocycles. The fourth-order valence-corrected chi connectivity index (χ4v) is 5.37. The van der Waals surface area contributed by atoms with Crippen molar-refractivity contribution in [2.75, 3.05) is 26.2 Å². The summed E-state index contributed by atoms with van der Waals surface area (Å²) in [7, 11) is 0. The van der Waals surface area contributed by atoms with Gasteiger partial charge in [-0.1, -0.05) is 72.3 Å². The summed E-state index contributed by atoms with van der Waals surface area (Å²) in [6.45, 7) is 6.54. The number of piperazine rings is 1. The van der Waals surface area contributed by atoms with Gasteiger partial charge in [0.2, 0.25) is 11.7 Å². The number of aromatic nitrogens is 4. The number of hydrogen-bond donors (Lipinski definition) is 0. The third-order valence-electron chi connectivity index (χ3n) is 7.57. The standard InChI is InChI=1S/C31H32N6O2/c1-23-11-13-25(14-12-23)22-36-30(39)26-9-5-6-10-27(26)37-28(32-33-31(36)37)15-16-29(38)35-19-17-34(18-20-35)21-24-7-3-2-4-8-24/h2-14H,15-22H2,1H3. The lowest BCUT2D eigenvalue weighted by atomic mass is 10.1. The number of carbonyl (C=O) groups is 1. The normalized spacial score (nSPS) is 14.3. The van der Waals surface area contributed by atoms with E-state index >= 15 is 0 Å². The first-order chi connectivity index (χ1) is 19.1. The average Bonchev–Trinajstić information content (AvgIpc) is 3.40. The second-order valence-electron chi connectivity index (χ2n) is 10.3. The van der Waals surface area contributed by atoms with Gasteiger partial charge in [-0.05, 0) is 30.2 Å². The second kappa shape index (κ2) is 10.8. The van der Waals surface area contributed by atoms with E-state index in [0.29, 0.717) is 36.4 Å². The van der Waals surface area contributed by atoms with Gasteiger partial charge >= 0.3 is 0 Å². The molecular formula is C31H32N6O2. The average molecular weight is 521 g/mol. The number of benzene rings is 3. The quantitative estimate of drug-likeness (QED) is 0.327. The van der Waals surface area contributed by atoms with Gasteiger partial charge in [-0.25, -0.2) is 0 Å². The maximum absolute atomic E-state index is 13.5. The Hall–Kier alpha value is -4.30. The molecule has 5 aromatic rings. The number of amides is 1. The number of rotatable bonds is 7. The Morgan fingerprint density at radius 2 is 1.49 bits per heavy atom. The molecule has 1 fully saturated rings. The molecule has 8 heteroatoms. The van der Waals surface area contributed by atoms with Crippen molar-refractivity contribution in [3.8, 4) is 0 Å². The van der Waals surface area contributed by atoms with Crippen LogP contribution in [0.5, 0.6) is 0 Å². The molecule has 0 radical (unpaired) electrons. The van der Waals surface area contributed by atoms with Gasteiger partial charge in [-0.15, -0.1) is 10.2 Å². The molecule has 0 N–H and O–H groups in total. The first kappa shape index (κ1) is 25.0. The lowest BCUT2D eigenvalue weighted by molar-refractivity contribution is -0.133. The molecule has 3 aromatic carbocycles. The molecule has 0 saturated carbocycles. The molecule has 0 spiro atoms. The predicted molar refractivity (Wildman–Crippen MR) is 152 cm³/mol. The number of hydrogen-bond acceptors (Lipinski definition) is 5. The van der Waals surface area contributed by atoms with Crippen LogP contribution in [0.2, 0.25) is 0 Å². The van der Waals surface area contributed by atoms with Crippen LogP contribution in [0.4, 0.5) is 0 Å². The highest BCUT2D eigenvalue weighted by Crippen LogP contribution is 2.18. The van der Waals surface area contributed by atoms with Crippen LogP contribution in [0.1, 0.15) is 28.9 Å². The van der Waals surface area contributed by atoms with Crippen molar-refractivity contribution in [2.24, 2.45) is 0 Å². The summed E-state index contributed by atoms with van der Waals surface area (Å²) in [4.78, 5) is 30.9. The van der Waals surface area contributed by atoms with Gasteiger partial charge in [0.1, 0.15) is 5.82 Å². The van der Waals surface area contributed by atoms with Crippen molar-refractivity contribution in [2.45, 2.75) is 32.9 Å². The SMILES string of the molecule is Cc1ccc(Cn2c(=O)c3ccccc3n3c(CCC(=O)N4CCN(Cc5ccccc5)CC4)nnc23)cc1. The fraction of sp³-hybridized carbons (Fsp3) is 0.290. The summed E-state index contributed by atoms with van der Waals surface area (Å²) in [6, 6.07) is 26.1. The lowest BCUT2D eigenvalue weighted by Crippen LogP contribution is -2.48. The molecule has 2 aromatic heterocycles. The van der Waals surface area contributed by atoms with Gasteiger partial charge in [0.15, 0.2) is 0 Å². The topological polar surface area (TPSA) is 75.7 Å². The molecule has 6 rings (SSSR count). The summed E-state index contributed by atoms with van der Waals surface area (Å²) in [5.41, 5.74) is 4.15. The molecular weight excluding hydrogens is 488 g/mol. The minimum atomic E-state index is -0.0953. The highest BCUT2D eigenvalue weighted by atomic mass is 16.2. The van der Waals surface area contributed by atoms with Crippen LogP contribution in [0.15, 0.2) is 83.7 Å². The molecule has 0 bridgehead atoms. The zero-order valence-corrected chi connectivity index (χ0v) is 22.2. The van der Waals surface area contributed by atoms with Crippen molar-refractivity contribution in [1.82, 2.24) is 29.0 Å². The fourth-order valence-electron chi connectivity index (χ4n) is 5.37. The van der Waals surface area contributed by atoms with E-state index in [1.54, 1.807) is 4.57 Å². The number of carbonyl (C=O) groups excluding carboxylic acids is 1. The molecule has 1 aliphatic rings. The minimum Gasteiger partial charge on any atom is -0.340 e. The van der Waals surface area contributed by atoms with E-state index < -0.39 is 0 Å². The van der Waals surface area contributed by atoms with Gasteiger partial charge in [-0.3, -0.25) is 23.5 Å². The van der Waals surface area contributed by atoms with Crippen molar-refractivity contribution >= 4 is 22.6 Å². The number of nitrogens with zero attached hydrogens (tertiary/aromatic N) is 6. The molecule has 3 heterocycles. The van der Waals surface area contributed by atoms with Gasteiger partial charge in [-0.2, -0.15) is 0 Å². The van der Waals surface area contributed by atoms with E-state index in [4.69, 9.17) is 0 Å². The highest BCUT2D eigenvalue weighted by Gasteiger charge is 2.22. The van der Waals surface area contributed by atoms with Crippen LogP contribution < -0.4 is 5.56 Å². The molecule has 0 atom stereocenters. The molecule has 1 amide bonds. The predicted octanol–water partition coefficient (Wildman–Crippen LogP) is 3.68. The molecule has 198 valence electrons. The Kier molecular flexibility index (Phi) is 6.94. The summed E-state index contributed by atoms with van der Waals surface area (Å²) in [5.74, 6) is 1.31. The Labute approximate surface area is 227 Å². The van der Waals surface area contributed by atoms with Crippen LogP contribution >= 0.6 is 0 Å². The van der Waals surface area contributed by atoms with E-state index in [9.17, 15) is 9.59 Å². The van der Waals surface area contributed by atoms with Gasteiger partial charge < -0.3 is 4.90 Å². The summed E-state index contributed by atoms with van der Waals surface area (Å²) in [6.07, 6.45) is 0.807. The summed E-state index contributed by atoms with van der Waals surface area (Å²) >= 11 is 0. The van der Waals surface area contributed by atoms with E-state index in [1.165, 1.54) is 11.1 Å². The first-order valence-electron chi connectivity index (χ1n) is 13.5. The number of fused-ring (bicyclic) bond motifs is 3. The maximum atomic E-state index is 13.5. The monoisotopic (exact) mass is 520 g/mol. The highest BCUT2D eigenvalue weighted by molar-refractivity contribution is 5.80. The smallest absolute Gasteiger partial charge is 0.263 e. The van der Waals surface area contributed by atoms with Gasteiger partial charge in [0.25, 0.3) is 5.56 Å². The van der Waals surface area contributed by atoms with Gasteiger partial charge in [0, 0.05) is 45.6 Å². The molecule has 8 nitrogen and oxygen atoms in total. The van der Waals surface area contributed by atoms with Crippen LogP contribution in [0.3, 0.4) is 0 Å². The van der Waals surface area contributed by atoms with Crippen LogP contribution in [0, 0.1) is 6.92 Å². The largest absolute Gasteiger partial charge is 0.340 e. The van der Waals surface area contributed by atoms with Crippen LogP contribution in [0.25, 0.3) is 16.7 Å². The Morgan fingerprint density at radius 1 is 0.795 bits per heavy atom.